The van der Waals surface area contributed by atoms with Crippen molar-refractivity contribution in [3.8, 4) is 0 Å². The lowest BCUT2D eigenvalue weighted by atomic mass is 10.1. The number of guanidine groups is 1. The predicted octanol–water partition coefficient (Wildman–Crippen LogP) is 3.26. The summed E-state index contributed by atoms with van der Waals surface area (Å²) < 4.78 is 0. The van der Waals surface area contributed by atoms with Gasteiger partial charge in [-0.1, -0.05) is 29.8 Å². The normalized spacial score (nSPS) is 14.4. The zero-order valence-corrected chi connectivity index (χ0v) is 19.8. The number of amides is 1. The number of hydrogen-bond acceptors (Lipinski definition) is 3. The largest absolute Gasteiger partial charge is 0.368 e. The number of aliphatic imine (C=N–C) groups is 1. The Morgan fingerprint density at radius 2 is 1.90 bits per heavy atom. The summed E-state index contributed by atoms with van der Waals surface area (Å²) in [4.78, 5) is 20.4. The van der Waals surface area contributed by atoms with Crippen molar-refractivity contribution in [1.82, 2.24) is 10.2 Å². The third kappa shape index (κ3) is 5.99. The molecule has 1 aliphatic rings. The van der Waals surface area contributed by atoms with E-state index >= 15 is 0 Å². The number of hydrogen-bond donors (Lipinski definition) is 2. The Kier molecular flexibility index (Phi) is 8.58. The topological polar surface area (TPSA) is 74.0 Å². The zero-order valence-electron chi connectivity index (χ0n) is 16.7. The lowest BCUT2D eigenvalue weighted by Gasteiger charge is -2.38. The van der Waals surface area contributed by atoms with Gasteiger partial charge in [-0.05, 0) is 42.3 Å². The molecule has 156 valence electrons. The van der Waals surface area contributed by atoms with Crippen LogP contribution >= 0.6 is 35.6 Å². The number of anilines is 1. The first-order chi connectivity index (χ1) is 13.5. The molecule has 0 unspecified atom stereocenters. The van der Waals surface area contributed by atoms with Gasteiger partial charge in [-0.3, -0.25) is 9.79 Å². The standard InChI is InChI=1S/C21H26ClN5O.HI/c1-15-6-7-18(22)13-19(15)26-8-10-27(11-9-26)21(24-2)25-14-16-4-3-5-17(12-16)20(23)28;/h3-7,12-13H,8-11,14H2,1-2H3,(H2,23,28)(H,24,25);1H. The van der Waals surface area contributed by atoms with Gasteiger partial charge in [0.25, 0.3) is 0 Å². The molecule has 0 saturated carbocycles. The van der Waals surface area contributed by atoms with E-state index < -0.39 is 5.91 Å². The van der Waals surface area contributed by atoms with Crippen molar-refractivity contribution in [2.45, 2.75) is 13.5 Å². The fraction of sp³-hybridized carbons (Fsp3) is 0.333. The SMILES string of the molecule is CN=C(NCc1cccc(C(N)=O)c1)N1CCN(c2cc(Cl)ccc2C)CC1.I. The van der Waals surface area contributed by atoms with Crippen LogP contribution in [0.3, 0.4) is 0 Å². The van der Waals surface area contributed by atoms with E-state index in [9.17, 15) is 4.79 Å². The number of aryl methyl sites for hydroxylation is 1. The Balaban J connectivity index is 0.00000300. The van der Waals surface area contributed by atoms with Gasteiger partial charge in [-0.15, -0.1) is 24.0 Å². The Hall–Kier alpha value is -2.00. The number of nitrogens with two attached hydrogens (primary N) is 1. The van der Waals surface area contributed by atoms with Crippen LogP contribution in [-0.2, 0) is 6.54 Å². The number of piperazine rings is 1. The highest BCUT2D eigenvalue weighted by Gasteiger charge is 2.21. The van der Waals surface area contributed by atoms with Gasteiger partial charge < -0.3 is 20.9 Å². The van der Waals surface area contributed by atoms with Crippen molar-refractivity contribution in [3.63, 3.8) is 0 Å². The molecule has 3 rings (SSSR count). The Morgan fingerprint density at radius 3 is 2.55 bits per heavy atom. The van der Waals surface area contributed by atoms with Gasteiger partial charge in [0.2, 0.25) is 5.91 Å². The number of halogens is 2. The van der Waals surface area contributed by atoms with Crippen LogP contribution in [0.15, 0.2) is 47.5 Å². The summed E-state index contributed by atoms with van der Waals surface area (Å²) in [5.41, 5.74) is 9.29. The van der Waals surface area contributed by atoms with Gasteiger partial charge in [0.05, 0.1) is 0 Å². The summed E-state index contributed by atoms with van der Waals surface area (Å²) in [6.07, 6.45) is 0. The minimum atomic E-state index is -0.418. The molecule has 1 fully saturated rings. The lowest BCUT2D eigenvalue weighted by molar-refractivity contribution is 0.1000. The summed E-state index contributed by atoms with van der Waals surface area (Å²) in [7, 11) is 1.79. The molecular weight excluding hydrogens is 501 g/mol. The molecule has 3 N–H and O–H groups in total. The summed E-state index contributed by atoms with van der Waals surface area (Å²) in [6, 6.07) is 13.4. The van der Waals surface area contributed by atoms with Crippen molar-refractivity contribution < 1.29 is 4.79 Å². The molecule has 0 aromatic heterocycles. The van der Waals surface area contributed by atoms with Crippen molar-refractivity contribution in [2.24, 2.45) is 10.7 Å². The number of nitrogens with zero attached hydrogens (tertiary/aromatic N) is 3. The van der Waals surface area contributed by atoms with E-state index in [1.54, 1.807) is 13.1 Å². The Labute approximate surface area is 194 Å². The second kappa shape index (κ2) is 10.7. The number of carbonyl (C=O) groups excluding carboxylic acids is 1. The minimum absolute atomic E-state index is 0. The van der Waals surface area contributed by atoms with Gasteiger partial charge in [0, 0.05) is 56.0 Å². The van der Waals surface area contributed by atoms with E-state index in [4.69, 9.17) is 17.3 Å². The molecule has 1 amide bonds. The summed E-state index contributed by atoms with van der Waals surface area (Å²) in [5.74, 6) is 0.436. The maximum atomic E-state index is 11.3. The summed E-state index contributed by atoms with van der Waals surface area (Å²) in [5, 5.41) is 4.14. The first kappa shape index (κ1) is 23.3. The number of carbonyl (C=O) groups is 1. The van der Waals surface area contributed by atoms with Gasteiger partial charge >= 0.3 is 0 Å². The van der Waals surface area contributed by atoms with Crippen LogP contribution in [0, 0.1) is 6.92 Å². The monoisotopic (exact) mass is 527 g/mol. The third-order valence-corrected chi connectivity index (χ3v) is 5.20. The van der Waals surface area contributed by atoms with Crippen LogP contribution in [0.5, 0.6) is 0 Å². The smallest absolute Gasteiger partial charge is 0.248 e. The van der Waals surface area contributed by atoms with E-state index in [0.717, 1.165) is 42.7 Å². The first-order valence-corrected chi connectivity index (χ1v) is 9.71. The number of benzene rings is 2. The van der Waals surface area contributed by atoms with Gasteiger partial charge in [-0.2, -0.15) is 0 Å². The highest BCUT2D eigenvalue weighted by atomic mass is 127. The maximum absolute atomic E-state index is 11.3. The second-order valence-corrected chi connectivity index (χ2v) is 7.31. The summed E-state index contributed by atoms with van der Waals surface area (Å²) >= 11 is 6.17. The van der Waals surface area contributed by atoms with Crippen LogP contribution in [0.4, 0.5) is 5.69 Å². The van der Waals surface area contributed by atoms with Crippen LogP contribution in [-0.4, -0.2) is 50.0 Å². The lowest BCUT2D eigenvalue weighted by Crippen LogP contribution is -2.52. The van der Waals surface area contributed by atoms with Crippen LogP contribution in [0.1, 0.15) is 21.5 Å². The highest BCUT2D eigenvalue weighted by Crippen LogP contribution is 2.25. The quantitative estimate of drug-likeness (QED) is 0.364. The molecular formula is C21H27ClIN5O. The van der Waals surface area contributed by atoms with E-state index in [2.05, 4.69) is 33.1 Å². The summed E-state index contributed by atoms with van der Waals surface area (Å²) in [6.45, 7) is 6.23. The van der Waals surface area contributed by atoms with Crippen molar-refractivity contribution in [2.75, 3.05) is 38.1 Å². The fourth-order valence-corrected chi connectivity index (χ4v) is 3.60. The Bertz CT molecular complexity index is 881. The highest BCUT2D eigenvalue weighted by molar-refractivity contribution is 14.0. The molecule has 6 nitrogen and oxygen atoms in total. The molecule has 1 heterocycles. The molecule has 2 aromatic carbocycles. The van der Waals surface area contributed by atoms with Crippen LogP contribution in [0.25, 0.3) is 0 Å². The van der Waals surface area contributed by atoms with E-state index in [1.807, 2.05) is 30.3 Å². The molecule has 0 aliphatic carbocycles. The van der Waals surface area contributed by atoms with E-state index in [-0.39, 0.29) is 24.0 Å². The van der Waals surface area contributed by atoms with Crippen LogP contribution < -0.4 is 16.0 Å². The Morgan fingerprint density at radius 1 is 1.17 bits per heavy atom. The average molecular weight is 528 g/mol. The fourth-order valence-electron chi connectivity index (χ4n) is 3.43. The van der Waals surface area contributed by atoms with Gasteiger partial charge in [0.15, 0.2) is 5.96 Å². The first-order valence-electron chi connectivity index (χ1n) is 9.33. The molecule has 1 saturated heterocycles. The molecule has 8 heteroatoms. The third-order valence-electron chi connectivity index (χ3n) is 4.97. The molecule has 0 radical (unpaired) electrons. The number of primary amides is 1. The van der Waals surface area contributed by atoms with Crippen molar-refractivity contribution in [1.29, 1.82) is 0 Å². The second-order valence-electron chi connectivity index (χ2n) is 6.87. The molecule has 0 bridgehead atoms. The van der Waals surface area contributed by atoms with Crippen molar-refractivity contribution >= 4 is 53.1 Å². The molecule has 2 aromatic rings. The van der Waals surface area contributed by atoms with Crippen molar-refractivity contribution in [3.05, 3.63) is 64.2 Å². The minimum Gasteiger partial charge on any atom is -0.368 e. The molecule has 0 spiro atoms. The van der Waals surface area contributed by atoms with E-state index in [1.165, 1.54) is 11.3 Å². The van der Waals surface area contributed by atoms with Crippen LogP contribution in [0.2, 0.25) is 5.02 Å². The van der Waals surface area contributed by atoms with E-state index in [0.29, 0.717) is 12.1 Å². The predicted molar refractivity (Wildman–Crippen MR) is 131 cm³/mol. The number of nitrogens with one attached hydrogen (secondary N) is 1. The molecule has 1 aliphatic heterocycles. The molecule has 0 atom stereocenters. The van der Waals surface area contributed by atoms with Gasteiger partial charge in [0.1, 0.15) is 0 Å². The maximum Gasteiger partial charge on any atom is 0.248 e. The number of rotatable bonds is 4. The molecule has 29 heavy (non-hydrogen) atoms. The van der Waals surface area contributed by atoms with Gasteiger partial charge in [-0.25, -0.2) is 0 Å². The zero-order chi connectivity index (χ0) is 20.1. The average Bonchev–Trinajstić information content (AvgIpc) is 2.71.